The lowest BCUT2D eigenvalue weighted by molar-refractivity contribution is -0.121. The molecule has 4 rings (SSSR count). The molecule has 0 fully saturated rings. The number of imide groups is 1. The first-order chi connectivity index (χ1) is 12.1. The summed E-state index contributed by atoms with van der Waals surface area (Å²) in [6.45, 7) is 1.24. The monoisotopic (exact) mass is 416 g/mol. The first-order valence-corrected chi connectivity index (χ1v) is 9.09. The SMILES string of the molecule is O=C1C(Cl)=C(N2CCc3ccccc3C2)C(=O)N1c1ccc(Br)cc1. The van der Waals surface area contributed by atoms with Crippen molar-refractivity contribution in [1.29, 1.82) is 0 Å². The van der Waals surface area contributed by atoms with Gasteiger partial charge in [-0.05, 0) is 41.8 Å². The van der Waals surface area contributed by atoms with E-state index in [4.69, 9.17) is 11.6 Å². The van der Waals surface area contributed by atoms with Gasteiger partial charge in [0.25, 0.3) is 11.8 Å². The molecule has 0 saturated carbocycles. The second-order valence-electron chi connectivity index (χ2n) is 6.02. The number of hydrogen-bond acceptors (Lipinski definition) is 3. The zero-order valence-corrected chi connectivity index (χ0v) is 15.5. The maximum absolute atomic E-state index is 12.9. The molecule has 0 aliphatic carbocycles. The number of benzene rings is 2. The average molecular weight is 418 g/mol. The van der Waals surface area contributed by atoms with Crippen LogP contribution in [-0.4, -0.2) is 23.3 Å². The Bertz CT molecular complexity index is 908. The summed E-state index contributed by atoms with van der Waals surface area (Å²) >= 11 is 9.63. The van der Waals surface area contributed by atoms with Crippen molar-refractivity contribution in [2.75, 3.05) is 11.4 Å². The number of anilines is 1. The van der Waals surface area contributed by atoms with E-state index < -0.39 is 5.91 Å². The van der Waals surface area contributed by atoms with Gasteiger partial charge < -0.3 is 4.90 Å². The maximum atomic E-state index is 12.9. The first-order valence-electron chi connectivity index (χ1n) is 7.92. The molecule has 6 heteroatoms. The zero-order valence-electron chi connectivity index (χ0n) is 13.2. The Morgan fingerprint density at radius 2 is 1.60 bits per heavy atom. The van der Waals surface area contributed by atoms with Gasteiger partial charge in [-0.3, -0.25) is 9.59 Å². The smallest absolute Gasteiger partial charge is 0.283 e. The molecule has 0 bridgehead atoms. The number of nitrogens with zero attached hydrogens (tertiary/aromatic N) is 2. The topological polar surface area (TPSA) is 40.6 Å². The van der Waals surface area contributed by atoms with Gasteiger partial charge in [-0.15, -0.1) is 0 Å². The molecule has 2 aromatic carbocycles. The number of amides is 2. The summed E-state index contributed by atoms with van der Waals surface area (Å²) in [6, 6.07) is 15.2. The highest BCUT2D eigenvalue weighted by Crippen LogP contribution is 2.34. The van der Waals surface area contributed by atoms with Crippen LogP contribution in [0.25, 0.3) is 0 Å². The first kappa shape index (κ1) is 16.4. The Labute approximate surface area is 158 Å². The lowest BCUT2D eigenvalue weighted by atomic mass is 9.99. The predicted octanol–water partition coefficient (Wildman–Crippen LogP) is 3.83. The van der Waals surface area contributed by atoms with Gasteiger partial charge in [-0.1, -0.05) is 51.8 Å². The number of carbonyl (C=O) groups is 2. The minimum Gasteiger partial charge on any atom is -0.361 e. The van der Waals surface area contributed by atoms with E-state index in [1.807, 2.05) is 23.1 Å². The summed E-state index contributed by atoms with van der Waals surface area (Å²) in [5, 5.41) is -0.00713. The van der Waals surface area contributed by atoms with Crippen molar-refractivity contribution in [1.82, 2.24) is 4.90 Å². The molecule has 0 spiro atoms. The number of rotatable bonds is 2. The third kappa shape index (κ3) is 2.77. The predicted molar refractivity (Wildman–Crippen MR) is 100 cm³/mol. The fourth-order valence-electron chi connectivity index (χ4n) is 3.28. The van der Waals surface area contributed by atoms with Gasteiger partial charge in [0.15, 0.2) is 0 Å². The summed E-state index contributed by atoms with van der Waals surface area (Å²) in [5.41, 5.74) is 3.25. The van der Waals surface area contributed by atoms with Crippen LogP contribution >= 0.6 is 27.5 Å². The highest BCUT2D eigenvalue weighted by Gasteiger charge is 2.41. The van der Waals surface area contributed by atoms with Crippen molar-refractivity contribution in [2.24, 2.45) is 0 Å². The molecule has 2 amide bonds. The normalized spacial score (nSPS) is 17.4. The van der Waals surface area contributed by atoms with Crippen molar-refractivity contribution < 1.29 is 9.59 Å². The third-order valence-corrected chi connectivity index (χ3v) is 5.41. The minimum absolute atomic E-state index is 0.00713. The Morgan fingerprint density at radius 3 is 2.32 bits per heavy atom. The molecule has 2 aliphatic rings. The van der Waals surface area contributed by atoms with Crippen LogP contribution < -0.4 is 4.90 Å². The van der Waals surface area contributed by atoms with E-state index in [2.05, 4.69) is 22.0 Å². The highest BCUT2D eigenvalue weighted by atomic mass is 79.9. The quantitative estimate of drug-likeness (QED) is 0.697. The minimum atomic E-state index is -0.470. The number of halogens is 2. The van der Waals surface area contributed by atoms with E-state index in [1.54, 1.807) is 24.3 Å². The number of fused-ring (bicyclic) bond motifs is 1. The Hall–Kier alpha value is -2.11. The second kappa shape index (κ2) is 6.32. The van der Waals surface area contributed by atoms with Crippen LogP contribution in [0.4, 0.5) is 5.69 Å². The largest absolute Gasteiger partial charge is 0.361 e. The molecule has 0 radical (unpaired) electrons. The van der Waals surface area contributed by atoms with Gasteiger partial charge in [0.1, 0.15) is 10.7 Å². The van der Waals surface area contributed by atoms with Crippen LogP contribution in [0.15, 0.2) is 63.7 Å². The summed E-state index contributed by atoms with van der Waals surface area (Å²) in [5.74, 6) is -0.834. The van der Waals surface area contributed by atoms with Crippen molar-refractivity contribution in [3.05, 3.63) is 74.9 Å². The number of carbonyl (C=O) groups excluding carboxylic acids is 2. The molecule has 0 atom stereocenters. The Morgan fingerprint density at radius 1 is 0.920 bits per heavy atom. The molecule has 4 nitrogen and oxygen atoms in total. The third-order valence-electron chi connectivity index (χ3n) is 4.54. The van der Waals surface area contributed by atoms with Crippen molar-refractivity contribution >= 4 is 45.0 Å². The second-order valence-corrected chi connectivity index (χ2v) is 7.32. The molecular weight excluding hydrogens is 404 g/mol. The summed E-state index contributed by atoms with van der Waals surface area (Å²) in [7, 11) is 0. The highest BCUT2D eigenvalue weighted by molar-refractivity contribution is 9.10. The van der Waals surface area contributed by atoms with Gasteiger partial charge in [-0.25, -0.2) is 4.90 Å². The van der Waals surface area contributed by atoms with E-state index in [1.165, 1.54) is 5.56 Å². The molecule has 0 unspecified atom stereocenters. The van der Waals surface area contributed by atoms with Gasteiger partial charge in [0, 0.05) is 17.6 Å². The van der Waals surface area contributed by atoms with E-state index >= 15 is 0 Å². The van der Waals surface area contributed by atoms with E-state index in [0.29, 0.717) is 24.5 Å². The van der Waals surface area contributed by atoms with Crippen LogP contribution in [-0.2, 0) is 22.6 Å². The fraction of sp³-hybridized carbons (Fsp3) is 0.158. The standard InChI is InChI=1S/C19H14BrClN2O2/c20-14-5-7-15(8-6-14)23-18(24)16(21)17(19(23)25)22-10-9-12-3-1-2-4-13(12)11-22/h1-8H,9-11H2. The van der Waals surface area contributed by atoms with Crippen LogP contribution in [0.2, 0.25) is 0 Å². The number of hydrogen-bond donors (Lipinski definition) is 0. The van der Waals surface area contributed by atoms with Crippen molar-refractivity contribution in [3.8, 4) is 0 Å². The molecule has 126 valence electrons. The Balaban J connectivity index is 1.66. The molecular formula is C19H14BrClN2O2. The van der Waals surface area contributed by atoms with Gasteiger partial charge in [-0.2, -0.15) is 0 Å². The molecule has 0 aromatic heterocycles. The molecule has 2 aromatic rings. The van der Waals surface area contributed by atoms with Crippen molar-refractivity contribution in [3.63, 3.8) is 0 Å². The van der Waals surface area contributed by atoms with Gasteiger partial charge in [0.2, 0.25) is 0 Å². The van der Waals surface area contributed by atoms with Crippen LogP contribution in [0, 0.1) is 0 Å². The zero-order chi connectivity index (χ0) is 17.6. The van der Waals surface area contributed by atoms with Crippen LogP contribution in [0.3, 0.4) is 0 Å². The lowest BCUT2D eigenvalue weighted by Gasteiger charge is -2.31. The average Bonchev–Trinajstić information content (AvgIpc) is 2.85. The lowest BCUT2D eigenvalue weighted by Crippen LogP contribution is -2.37. The van der Waals surface area contributed by atoms with Crippen LogP contribution in [0.1, 0.15) is 11.1 Å². The fourth-order valence-corrected chi connectivity index (χ4v) is 3.83. The van der Waals surface area contributed by atoms with Gasteiger partial charge >= 0.3 is 0 Å². The van der Waals surface area contributed by atoms with Crippen molar-refractivity contribution in [2.45, 2.75) is 13.0 Å². The summed E-state index contributed by atoms with van der Waals surface area (Å²) in [6.07, 6.45) is 0.823. The summed E-state index contributed by atoms with van der Waals surface area (Å²) < 4.78 is 0.877. The Kier molecular flexibility index (Phi) is 4.13. The van der Waals surface area contributed by atoms with E-state index in [-0.39, 0.29) is 10.9 Å². The molecule has 2 aliphatic heterocycles. The molecule has 0 saturated heterocycles. The molecule has 25 heavy (non-hydrogen) atoms. The van der Waals surface area contributed by atoms with Crippen LogP contribution in [0.5, 0.6) is 0 Å². The molecule has 2 heterocycles. The molecule has 0 N–H and O–H groups in total. The van der Waals surface area contributed by atoms with Gasteiger partial charge in [0.05, 0.1) is 5.69 Å². The van der Waals surface area contributed by atoms with E-state index in [9.17, 15) is 9.59 Å². The summed E-state index contributed by atoms with van der Waals surface area (Å²) in [4.78, 5) is 28.6. The maximum Gasteiger partial charge on any atom is 0.283 e. The van der Waals surface area contributed by atoms with E-state index in [0.717, 1.165) is 21.4 Å².